The summed E-state index contributed by atoms with van der Waals surface area (Å²) >= 11 is 0. The fourth-order valence-electron chi connectivity index (χ4n) is 5.50. The van der Waals surface area contributed by atoms with E-state index in [1.807, 2.05) is 18.2 Å². The molecular formula is C24H33F2N3O4. The molecule has 1 aliphatic carbocycles. The number of piperidine rings is 1. The molecule has 3 amide bonds. The van der Waals surface area contributed by atoms with E-state index in [1.165, 1.54) is 10.5 Å². The summed E-state index contributed by atoms with van der Waals surface area (Å²) in [4.78, 5) is 26.2. The number of nitrogens with one attached hydrogen (secondary N) is 2. The molecule has 0 radical (unpaired) electrons. The standard InChI is InChI=1S/C24H33F2N3O4/c1-2-27-21(30)29-14-12-24(25,26)23(13-15-32-22(31)28-23)20(29)16-33-19-10-8-18(9-11-19)17-6-4-3-5-7-17/h3-7,18-20H,2,8-16H2,1H3,(H,27,30)(H,28,31)/t18?,19?,20-,23+/m0/s1. The smallest absolute Gasteiger partial charge is 0.407 e. The van der Waals surface area contributed by atoms with Gasteiger partial charge in [0.1, 0.15) is 5.54 Å². The monoisotopic (exact) mass is 465 g/mol. The van der Waals surface area contributed by atoms with Crippen molar-refractivity contribution in [2.24, 2.45) is 0 Å². The average Bonchev–Trinajstić information content (AvgIpc) is 2.81. The maximum absolute atomic E-state index is 15.3. The Morgan fingerprint density at radius 3 is 2.61 bits per heavy atom. The van der Waals surface area contributed by atoms with Gasteiger partial charge in [-0.3, -0.25) is 0 Å². The molecule has 7 nitrogen and oxygen atoms in total. The summed E-state index contributed by atoms with van der Waals surface area (Å²) in [6.45, 7) is 1.87. The second-order valence-electron chi connectivity index (χ2n) is 9.20. The molecular weight excluding hydrogens is 432 g/mol. The zero-order valence-electron chi connectivity index (χ0n) is 19.0. The minimum Gasteiger partial charge on any atom is -0.449 e. The van der Waals surface area contributed by atoms with Gasteiger partial charge in [0.25, 0.3) is 5.92 Å². The molecule has 0 aromatic heterocycles. The number of carbonyl (C=O) groups is 2. The number of alkyl halides is 2. The van der Waals surface area contributed by atoms with Crippen molar-refractivity contribution >= 4 is 12.1 Å². The van der Waals surface area contributed by atoms with Crippen LogP contribution in [0, 0.1) is 0 Å². The molecule has 182 valence electrons. The number of carbonyl (C=O) groups excluding carboxylic acids is 2. The first kappa shape index (κ1) is 23.7. The van der Waals surface area contributed by atoms with Crippen molar-refractivity contribution in [2.75, 3.05) is 26.3 Å². The molecule has 9 heteroatoms. The van der Waals surface area contributed by atoms with Crippen molar-refractivity contribution in [3.63, 3.8) is 0 Å². The maximum atomic E-state index is 15.3. The number of nitrogens with zero attached hydrogens (tertiary/aromatic N) is 1. The zero-order chi connectivity index (χ0) is 23.5. The van der Waals surface area contributed by atoms with E-state index in [0.717, 1.165) is 25.7 Å². The van der Waals surface area contributed by atoms with Gasteiger partial charge in [-0.2, -0.15) is 0 Å². The fourth-order valence-corrected chi connectivity index (χ4v) is 5.50. The lowest BCUT2D eigenvalue weighted by atomic mass is 9.75. The molecule has 1 saturated carbocycles. The number of benzene rings is 1. The van der Waals surface area contributed by atoms with Gasteiger partial charge in [-0.25, -0.2) is 18.4 Å². The summed E-state index contributed by atoms with van der Waals surface area (Å²) < 4.78 is 41.7. The van der Waals surface area contributed by atoms with Crippen LogP contribution in [-0.2, 0) is 9.47 Å². The Balaban J connectivity index is 1.48. The molecule has 2 N–H and O–H groups in total. The molecule has 1 spiro atoms. The van der Waals surface area contributed by atoms with Crippen LogP contribution < -0.4 is 10.6 Å². The van der Waals surface area contributed by atoms with Crippen molar-refractivity contribution < 1.29 is 27.8 Å². The van der Waals surface area contributed by atoms with E-state index >= 15 is 8.78 Å². The van der Waals surface area contributed by atoms with Gasteiger partial charge in [0.05, 0.1) is 25.4 Å². The molecule has 33 heavy (non-hydrogen) atoms. The summed E-state index contributed by atoms with van der Waals surface area (Å²) in [5.41, 5.74) is -0.596. The lowest BCUT2D eigenvalue weighted by Crippen LogP contribution is -2.78. The van der Waals surface area contributed by atoms with Crippen LogP contribution in [-0.4, -0.2) is 66.9 Å². The van der Waals surface area contributed by atoms with Gasteiger partial charge in [-0.15, -0.1) is 0 Å². The number of urea groups is 1. The number of hydrogen-bond acceptors (Lipinski definition) is 4. The van der Waals surface area contributed by atoms with Gasteiger partial charge >= 0.3 is 12.1 Å². The lowest BCUT2D eigenvalue weighted by Gasteiger charge is -2.54. The third-order valence-electron chi connectivity index (χ3n) is 7.34. The van der Waals surface area contributed by atoms with E-state index in [4.69, 9.17) is 9.47 Å². The Bertz CT molecular complexity index is 832. The molecule has 0 bridgehead atoms. The van der Waals surface area contributed by atoms with Gasteiger partial charge in [0, 0.05) is 25.9 Å². The SMILES string of the molecule is CCNC(=O)N1CCC(F)(F)[C@@]2(CCOC(=O)N2)[C@@H]1COC1CCC(c2ccccc2)CC1. The van der Waals surface area contributed by atoms with Crippen LogP contribution in [0.5, 0.6) is 0 Å². The molecule has 0 unspecified atom stereocenters. The Kier molecular flexibility index (Phi) is 7.07. The van der Waals surface area contributed by atoms with Crippen molar-refractivity contribution in [3.8, 4) is 0 Å². The number of hydrogen-bond donors (Lipinski definition) is 2. The highest BCUT2D eigenvalue weighted by Gasteiger charge is 2.65. The molecule has 2 saturated heterocycles. The average molecular weight is 466 g/mol. The molecule has 2 aliphatic heterocycles. The molecule has 2 atom stereocenters. The van der Waals surface area contributed by atoms with E-state index < -0.39 is 36.0 Å². The number of ether oxygens (including phenoxy) is 2. The minimum atomic E-state index is -3.19. The molecule has 4 rings (SSSR count). The highest BCUT2D eigenvalue weighted by Crippen LogP contribution is 2.45. The Morgan fingerprint density at radius 2 is 1.94 bits per heavy atom. The van der Waals surface area contributed by atoms with E-state index in [-0.39, 0.29) is 32.3 Å². The zero-order valence-corrected chi connectivity index (χ0v) is 19.0. The Hall–Kier alpha value is -2.42. The van der Waals surface area contributed by atoms with Gasteiger partial charge in [0.15, 0.2) is 0 Å². The van der Waals surface area contributed by atoms with E-state index in [1.54, 1.807) is 6.92 Å². The number of cyclic esters (lactones) is 1. The highest BCUT2D eigenvalue weighted by atomic mass is 19.3. The second-order valence-corrected chi connectivity index (χ2v) is 9.20. The number of halogens is 2. The normalized spacial score (nSPS) is 31.5. The number of likely N-dealkylation sites (tertiary alicyclic amines) is 1. The van der Waals surface area contributed by atoms with Crippen LogP contribution >= 0.6 is 0 Å². The van der Waals surface area contributed by atoms with Gasteiger partial charge in [0.2, 0.25) is 0 Å². The van der Waals surface area contributed by atoms with E-state index in [9.17, 15) is 9.59 Å². The minimum absolute atomic E-state index is 0.0618. The van der Waals surface area contributed by atoms with Crippen molar-refractivity contribution in [3.05, 3.63) is 35.9 Å². The summed E-state index contributed by atoms with van der Waals surface area (Å²) in [5, 5.41) is 5.11. The molecule has 2 heterocycles. The van der Waals surface area contributed by atoms with Gasteiger partial charge in [-0.05, 0) is 44.1 Å². The quantitative estimate of drug-likeness (QED) is 0.688. The largest absolute Gasteiger partial charge is 0.449 e. The van der Waals surface area contributed by atoms with Gasteiger partial charge < -0.3 is 25.0 Å². The molecule has 1 aromatic carbocycles. The fraction of sp³-hybridized carbons (Fsp3) is 0.667. The third kappa shape index (κ3) is 4.78. The molecule has 3 fully saturated rings. The summed E-state index contributed by atoms with van der Waals surface area (Å²) in [5.74, 6) is -2.72. The van der Waals surface area contributed by atoms with Crippen LogP contribution in [0.2, 0.25) is 0 Å². The number of rotatable bonds is 5. The number of amides is 3. The van der Waals surface area contributed by atoms with E-state index in [0.29, 0.717) is 12.5 Å². The highest BCUT2D eigenvalue weighted by molar-refractivity contribution is 5.76. The Morgan fingerprint density at radius 1 is 1.21 bits per heavy atom. The maximum Gasteiger partial charge on any atom is 0.407 e. The summed E-state index contributed by atoms with van der Waals surface area (Å²) in [7, 11) is 0. The predicted molar refractivity (Wildman–Crippen MR) is 118 cm³/mol. The first-order valence-corrected chi connectivity index (χ1v) is 11.9. The van der Waals surface area contributed by atoms with Crippen LogP contribution in [0.3, 0.4) is 0 Å². The van der Waals surface area contributed by atoms with Crippen LogP contribution in [0.4, 0.5) is 18.4 Å². The summed E-state index contributed by atoms with van der Waals surface area (Å²) in [6, 6.07) is 8.94. The van der Waals surface area contributed by atoms with Crippen LogP contribution in [0.25, 0.3) is 0 Å². The first-order valence-electron chi connectivity index (χ1n) is 11.9. The van der Waals surface area contributed by atoms with Crippen molar-refractivity contribution in [2.45, 2.75) is 75.0 Å². The topological polar surface area (TPSA) is 79.9 Å². The molecule has 3 aliphatic rings. The first-order chi connectivity index (χ1) is 15.9. The second kappa shape index (κ2) is 9.83. The summed E-state index contributed by atoms with van der Waals surface area (Å²) in [6.07, 6.45) is 2.02. The van der Waals surface area contributed by atoms with Crippen LogP contribution in [0.15, 0.2) is 30.3 Å². The lowest BCUT2D eigenvalue weighted by molar-refractivity contribution is -0.177. The van der Waals surface area contributed by atoms with E-state index in [2.05, 4.69) is 22.8 Å². The van der Waals surface area contributed by atoms with Crippen molar-refractivity contribution in [1.29, 1.82) is 0 Å². The molecule has 1 aromatic rings. The predicted octanol–water partition coefficient (Wildman–Crippen LogP) is 4.04. The van der Waals surface area contributed by atoms with Crippen LogP contribution in [0.1, 0.15) is 56.9 Å². The van der Waals surface area contributed by atoms with Gasteiger partial charge in [-0.1, -0.05) is 30.3 Å². The van der Waals surface area contributed by atoms with Crippen molar-refractivity contribution in [1.82, 2.24) is 15.5 Å². The Labute approximate surface area is 193 Å². The number of alkyl carbamates (subject to hydrolysis) is 1. The third-order valence-corrected chi connectivity index (χ3v) is 7.34.